The zero-order valence-electron chi connectivity index (χ0n) is 14.7. The first-order chi connectivity index (χ1) is 12.0. The number of benzene rings is 2. The third kappa shape index (κ3) is 5.32. The Kier molecular flexibility index (Phi) is 6.54. The summed E-state index contributed by atoms with van der Waals surface area (Å²) in [5.41, 5.74) is 1.45. The topological polar surface area (TPSA) is 70.7 Å². The van der Waals surface area contributed by atoms with Gasteiger partial charge in [0, 0.05) is 19.8 Å². The lowest BCUT2D eigenvalue weighted by Crippen LogP contribution is -2.39. The van der Waals surface area contributed by atoms with Gasteiger partial charge in [-0.3, -0.25) is 14.9 Å². The molecule has 0 bridgehead atoms. The van der Waals surface area contributed by atoms with Gasteiger partial charge in [-0.15, -0.1) is 0 Å². The molecule has 0 spiro atoms. The van der Waals surface area contributed by atoms with E-state index < -0.39 is 6.04 Å². The highest BCUT2D eigenvalue weighted by atomic mass is 16.5. The lowest BCUT2D eigenvalue weighted by molar-refractivity contribution is -0.128. The first kappa shape index (κ1) is 18.5. The predicted octanol–water partition coefficient (Wildman–Crippen LogP) is 2.05. The van der Waals surface area contributed by atoms with Crippen LogP contribution in [0.2, 0.25) is 0 Å². The highest BCUT2D eigenvalue weighted by Gasteiger charge is 2.21. The maximum Gasteiger partial charge on any atom is 0.246 e. The standard InChI is InChI=1S/C19H23N3O3/c1-22(2)17(23)13-20-18(14-7-5-4-6-8-14)19(24)21-15-9-11-16(25-3)12-10-15/h4-12,18,20H,13H2,1-3H3,(H,21,24)/t18-/m0/s1. The number of ether oxygens (including phenoxy) is 1. The second kappa shape index (κ2) is 8.84. The average Bonchev–Trinajstić information content (AvgIpc) is 2.63. The van der Waals surface area contributed by atoms with Crippen LogP contribution >= 0.6 is 0 Å². The van der Waals surface area contributed by atoms with Gasteiger partial charge in [-0.2, -0.15) is 0 Å². The van der Waals surface area contributed by atoms with Crippen molar-refractivity contribution in [1.82, 2.24) is 10.2 Å². The van der Waals surface area contributed by atoms with Crippen molar-refractivity contribution in [3.8, 4) is 5.75 Å². The second-order valence-electron chi connectivity index (χ2n) is 5.73. The second-order valence-corrected chi connectivity index (χ2v) is 5.73. The summed E-state index contributed by atoms with van der Waals surface area (Å²) < 4.78 is 5.11. The number of hydrogen-bond acceptors (Lipinski definition) is 4. The summed E-state index contributed by atoms with van der Waals surface area (Å²) in [7, 11) is 4.95. The molecule has 132 valence electrons. The summed E-state index contributed by atoms with van der Waals surface area (Å²) >= 11 is 0. The third-order valence-electron chi connectivity index (χ3n) is 3.71. The van der Waals surface area contributed by atoms with E-state index in [-0.39, 0.29) is 18.4 Å². The number of likely N-dealkylation sites (N-methyl/N-ethyl adjacent to an activating group) is 1. The number of carbonyl (C=O) groups excluding carboxylic acids is 2. The van der Waals surface area contributed by atoms with Crippen molar-refractivity contribution in [3.05, 3.63) is 60.2 Å². The van der Waals surface area contributed by atoms with Crippen LogP contribution in [0.3, 0.4) is 0 Å². The maximum atomic E-state index is 12.7. The summed E-state index contributed by atoms with van der Waals surface area (Å²) in [6, 6.07) is 15.8. The lowest BCUT2D eigenvalue weighted by atomic mass is 10.1. The Morgan fingerprint density at radius 1 is 1.04 bits per heavy atom. The summed E-state index contributed by atoms with van der Waals surface area (Å²) in [6.07, 6.45) is 0. The fourth-order valence-electron chi connectivity index (χ4n) is 2.24. The predicted molar refractivity (Wildman–Crippen MR) is 97.5 cm³/mol. The number of anilines is 1. The molecule has 0 heterocycles. The zero-order valence-corrected chi connectivity index (χ0v) is 14.7. The van der Waals surface area contributed by atoms with Crippen molar-refractivity contribution in [2.75, 3.05) is 33.1 Å². The average molecular weight is 341 g/mol. The van der Waals surface area contributed by atoms with E-state index in [1.807, 2.05) is 30.3 Å². The molecule has 0 unspecified atom stereocenters. The Morgan fingerprint density at radius 2 is 1.68 bits per heavy atom. The lowest BCUT2D eigenvalue weighted by Gasteiger charge is -2.20. The van der Waals surface area contributed by atoms with Crippen LogP contribution in [0.5, 0.6) is 5.75 Å². The van der Waals surface area contributed by atoms with E-state index in [4.69, 9.17) is 4.74 Å². The van der Waals surface area contributed by atoms with E-state index in [2.05, 4.69) is 10.6 Å². The van der Waals surface area contributed by atoms with E-state index >= 15 is 0 Å². The fourth-order valence-corrected chi connectivity index (χ4v) is 2.24. The summed E-state index contributed by atoms with van der Waals surface area (Å²) in [5.74, 6) is 0.383. The summed E-state index contributed by atoms with van der Waals surface area (Å²) in [5, 5.41) is 5.89. The number of amides is 2. The Hall–Kier alpha value is -2.86. The van der Waals surface area contributed by atoms with Crippen molar-refractivity contribution < 1.29 is 14.3 Å². The smallest absolute Gasteiger partial charge is 0.246 e. The monoisotopic (exact) mass is 341 g/mol. The molecule has 0 aliphatic rings. The van der Waals surface area contributed by atoms with Gasteiger partial charge in [-0.05, 0) is 29.8 Å². The minimum absolute atomic E-state index is 0.0720. The van der Waals surface area contributed by atoms with E-state index in [1.165, 1.54) is 4.90 Å². The van der Waals surface area contributed by atoms with Gasteiger partial charge in [-0.1, -0.05) is 30.3 Å². The fraction of sp³-hybridized carbons (Fsp3) is 0.263. The molecule has 2 rings (SSSR count). The van der Waals surface area contributed by atoms with Crippen molar-refractivity contribution in [1.29, 1.82) is 0 Å². The first-order valence-corrected chi connectivity index (χ1v) is 7.94. The molecule has 0 radical (unpaired) electrons. The SMILES string of the molecule is COc1ccc(NC(=O)[C@@H](NCC(=O)N(C)C)c2ccccc2)cc1. The molecular weight excluding hydrogens is 318 g/mol. The Morgan fingerprint density at radius 3 is 2.24 bits per heavy atom. The number of methoxy groups -OCH3 is 1. The molecule has 25 heavy (non-hydrogen) atoms. The normalized spacial score (nSPS) is 11.5. The van der Waals surface area contributed by atoms with Crippen LogP contribution in [-0.2, 0) is 9.59 Å². The van der Waals surface area contributed by atoms with Crippen LogP contribution < -0.4 is 15.4 Å². The molecule has 0 saturated heterocycles. The molecule has 1 atom stereocenters. The quantitative estimate of drug-likeness (QED) is 0.809. The van der Waals surface area contributed by atoms with Crippen molar-refractivity contribution >= 4 is 17.5 Å². The van der Waals surface area contributed by atoms with Crippen LogP contribution in [0.4, 0.5) is 5.69 Å². The molecule has 6 heteroatoms. The molecule has 0 fully saturated rings. The van der Waals surface area contributed by atoms with Gasteiger partial charge in [-0.25, -0.2) is 0 Å². The maximum absolute atomic E-state index is 12.7. The minimum Gasteiger partial charge on any atom is -0.497 e. The number of nitrogens with zero attached hydrogens (tertiary/aromatic N) is 1. The minimum atomic E-state index is -0.632. The molecule has 2 N–H and O–H groups in total. The Balaban J connectivity index is 2.12. The molecular formula is C19H23N3O3. The third-order valence-corrected chi connectivity index (χ3v) is 3.71. The van der Waals surface area contributed by atoms with Gasteiger partial charge in [0.1, 0.15) is 11.8 Å². The van der Waals surface area contributed by atoms with E-state index in [0.717, 1.165) is 5.56 Å². The van der Waals surface area contributed by atoms with Crippen molar-refractivity contribution in [2.24, 2.45) is 0 Å². The summed E-state index contributed by atoms with van der Waals surface area (Å²) in [4.78, 5) is 26.1. The van der Waals surface area contributed by atoms with Gasteiger partial charge in [0.2, 0.25) is 11.8 Å². The number of nitrogens with one attached hydrogen (secondary N) is 2. The Labute approximate surface area is 147 Å². The molecule has 0 aliphatic heterocycles. The van der Waals surface area contributed by atoms with Gasteiger partial charge < -0.3 is 15.0 Å². The van der Waals surface area contributed by atoms with Crippen LogP contribution in [0, 0.1) is 0 Å². The first-order valence-electron chi connectivity index (χ1n) is 7.94. The van der Waals surface area contributed by atoms with E-state index in [9.17, 15) is 9.59 Å². The van der Waals surface area contributed by atoms with Crippen LogP contribution in [-0.4, -0.2) is 44.5 Å². The molecule has 6 nitrogen and oxygen atoms in total. The van der Waals surface area contributed by atoms with Gasteiger partial charge in [0.05, 0.1) is 13.7 Å². The largest absolute Gasteiger partial charge is 0.497 e. The zero-order chi connectivity index (χ0) is 18.2. The molecule has 2 amide bonds. The highest BCUT2D eigenvalue weighted by molar-refractivity contribution is 5.96. The number of carbonyl (C=O) groups is 2. The number of rotatable bonds is 7. The van der Waals surface area contributed by atoms with Crippen molar-refractivity contribution in [2.45, 2.75) is 6.04 Å². The van der Waals surface area contributed by atoms with Gasteiger partial charge in [0.15, 0.2) is 0 Å². The van der Waals surface area contributed by atoms with Crippen LogP contribution in [0.1, 0.15) is 11.6 Å². The van der Waals surface area contributed by atoms with Gasteiger partial charge in [0.25, 0.3) is 0 Å². The van der Waals surface area contributed by atoms with Crippen LogP contribution in [0.15, 0.2) is 54.6 Å². The molecule has 2 aromatic carbocycles. The Bertz CT molecular complexity index is 700. The molecule has 0 saturated carbocycles. The summed E-state index contributed by atoms with van der Waals surface area (Å²) in [6.45, 7) is 0.0720. The molecule has 0 aromatic heterocycles. The highest BCUT2D eigenvalue weighted by Crippen LogP contribution is 2.18. The van der Waals surface area contributed by atoms with Crippen LogP contribution in [0.25, 0.3) is 0 Å². The van der Waals surface area contributed by atoms with Crippen molar-refractivity contribution in [3.63, 3.8) is 0 Å². The van der Waals surface area contributed by atoms with E-state index in [1.54, 1.807) is 45.5 Å². The molecule has 0 aliphatic carbocycles. The van der Waals surface area contributed by atoms with E-state index in [0.29, 0.717) is 11.4 Å². The molecule has 2 aromatic rings. The number of hydrogen-bond donors (Lipinski definition) is 2. The van der Waals surface area contributed by atoms with Gasteiger partial charge >= 0.3 is 0 Å².